The molecule has 0 unspecified atom stereocenters. The quantitative estimate of drug-likeness (QED) is 0.824. The Morgan fingerprint density at radius 2 is 1.76 bits per heavy atom. The number of hydrogen-bond acceptors (Lipinski definition) is 4. The average Bonchev–Trinajstić information content (AvgIpc) is 2.48. The van der Waals surface area contributed by atoms with E-state index in [0.717, 1.165) is 38.3 Å². The molecule has 5 heteroatoms. The maximum atomic E-state index is 11.4. The molecule has 0 saturated carbocycles. The van der Waals surface area contributed by atoms with Crippen LogP contribution in [0.1, 0.15) is 18.1 Å². The molecule has 0 aliphatic carbocycles. The summed E-state index contributed by atoms with van der Waals surface area (Å²) in [5, 5.41) is 2.82. The monoisotopic (exact) mass is 290 g/mol. The molecule has 1 aliphatic heterocycles. The Kier molecular flexibility index (Phi) is 5.73. The molecule has 1 fully saturated rings. The van der Waals surface area contributed by atoms with Gasteiger partial charge in [0.05, 0.1) is 6.04 Å². The first-order valence-corrected chi connectivity index (χ1v) is 7.56. The molecular weight excluding hydrogens is 264 g/mol. The third-order valence-electron chi connectivity index (χ3n) is 3.91. The predicted molar refractivity (Wildman–Crippen MR) is 84.7 cm³/mol. The van der Waals surface area contributed by atoms with Crippen LogP contribution in [0.15, 0.2) is 24.3 Å². The first-order valence-electron chi connectivity index (χ1n) is 7.56. The van der Waals surface area contributed by atoms with Gasteiger partial charge in [-0.25, -0.2) is 0 Å². The van der Waals surface area contributed by atoms with Crippen molar-refractivity contribution in [1.29, 1.82) is 0 Å². The van der Waals surface area contributed by atoms with Gasteiger partial charge in [0.15, 0.2) is 0 Å². The maximum absolute atomic E-state index is 11.4. The van der Waals surface area contributed by atoms with Crippen LogP contribution in [0.3, 0.4) is 0 Å². The van der Waals surface area contributed by atoms with Gasteiger partial charge >= 0.3 is 0 Å². The fourth-order valence-electron chi connectivity index (χ4n) is 2.38. The smallest absolute Gasteiger partial charge is 0.236 e. The van der Waals surface area contributed by atoms with Gasteiger partial charge in [0.25, 0.3) is 0 Å². The lowest BCUT2D eigenvalue weighted by Crippen LogP contribution is -2.43. The third kappa shape index (κ3) is 5.12. The van der Waals surface area contributed by atoms with Crippen molar-refractivity contribution < 1.29 is 4.79 Å². The fourth-order valence-corrected chi connectivity index (χ4v) is 2.38. The summed E-state index contributed by atoms with van der Waals surface area (Å²) in [4.78, 5) is 16.3. The number of rotatable bonds is 5. The number of likely N-dealkylation sites (N-methyl/N-ethyl adjacent to an activating group) is 1. The van der Waals surface area contributed by atoms with E-state index in [-0.39, 0.29) is 5.91 Å². The molecule has 21 heavy (non-hydrogen) atoms. The van der Waals surface area contributed by atoms with Crippen LogP contribution in [-0.4, -0.2) is 55.0 Å². The van der Waals surface area contributed by atoms with Gasteiger partial charge in [-0.2, -0.15) is 0 Å². The van der Waals surface area contributed by atoms with E-state index in [1.807, 2.05) is 0 Å². The van der Waals surface area contributed by atoms with Gasteiger partial charge in [0.1, 0.15) is 0 Å². The number of benzene rings is 1. The second-order valence-corrected chi connectivity index (χ2v) is 5.90. The average molecular weight is 290 g/mol. The van der Waals surface area contributed by atoms with Crippen LogP contribution in [0.2, 0.25) is 0 Å². The van der Waals surface area contributed by atoms with Gasteiger partial charge in [0.2, 0.25) is 5.91 Å². The summed E-state index contributed by atoms with van der Waals surface area (Å²) >= 11 is 0. The summed E-state index contributed by atoms with van der Waals surface area (Å²) in [6.07, 6.45) is 0. The number of nitrogens with two attached hydrogens (primary N) is 1. The van der Waals surface area contributed by atoms with E-state index in [4.69, 9.17) is 5.73 Å². The van der Waals surface area contributed by atoms with E-state index in [0.29, 0.717) is 6.54 Å². The number of nitrogens with zero attached hydrogens (tertiary/aromatic N) is 2. The van der Waals surface area contributed by atoms with Gasteiger partial charge < -0.3 is 16.0 Å². The van der Waals surface area contributed by atoms with Crippen molar-refractivity contribution in [3.8, 4) is 0 Å². The molecule has 1 aliphatic rings. The van der Waals surface area contributed by atoms with Crippen LogP contribution in [0, 0.1) is 0 Å². The standard InChI is InChI=1S/C16H26N4O/c1-13(17)16(21)18-11-14-3-5-15(6-4-14)12-20-9-7-19(2)8-10-20/h3-6,13H,7-12,17H2,1-2H3,(H,18,21)/t13-/m1/s1. The van der Waals surface area contributed by atoms with Crippen molar-refractivity contribution in [2.75, 3.05) is 33.2 Å². The van der Waals surface area contributed by atoms with E-state index in [1.54, 1.807) is 6.92 Å². The second kappa shape index (κ2) is 7.54. The van der Waals surface area contributed by atoms with E-state index in [2.05, 4.69) is 46.4 Å². The largest absolute Gasteiger partial charge is 0.351 e. The van der Waals surface area contributed by atoms with Crippen molar-refractivity contribution in [3.05, 3.63) is 35.4 Å². The lowest BCUT2D eigenvalue weighted by Gasteiger charge is -2.32. The third-order valence-corrected chi connectivity index (χ3v) is 3.91. The van der Waals surface area contributed by atoms with Crippen molar-refractivity contribution in [2.24, 2.45) is 5.73 Å². The van der Waals surface area contributed by atoms with Gasteiger partial charge in [-0.15, -0.1) is 0 Å². The Morgan fingerprint density at radius 3 is 2.33 bits per heavy atom. The molecule has 0 radical (unpaired) electrons. The number of hydrogen-bond donors (Lipinski definition) is 2. The van der Waals surface area contributed by atoms with Crippen molar-refractivity contribution in [2.45, 2.75) is 26.1 Å². The summed E-state index contributed by atoms with van der Waals surface area (Å²) in [6, 6.07) is 7.98. The maximum Gasteiger partial charge on any atom is 0.236 e. The molecule has 1 amide bonds. The summed E-state index contributed by atoms with van der Waals surface area (Å²) in [7, 11) is 2.17. The molecule has 1 saturated heterocycles. The summed E-state index contributed by atoms with van der Waals surface area (Å²) in [6.45, 7) is 7.76. The van der Waals surface area contributed by atoms with Crippen LogP contribution < -0.4 is 11.1 Å². The molecule has 0 bridgehead atoms. The zero-order valence-corrected chi connectivity index (χ0v) is 13.0. The Hall–Kier alpha value is -1.43. The number of carbonyl (C=O) groups excluding carboxylic acids is 1. The van der Waals surface area contributed by atoms with Gasteiger partial charge in [-0.3, -0.25) is 9.69 Å². The highest BCUT2D eigenvalue weighted by Crippen LogP contribution is 2.09. The molecule has 3 N–H and O–H groups in total. The molecular formula is C16H26N4O. The molecule has 2 rings (SSSR count). The van der Waals surface area contributed by atoms with Crippen LogP contribution in [0.25, 0.3) is 0 Å². The second-order valence-electron chi connectivity index (χ2n) is 5.90. The van der Waals surface area contributed by atoms with Crippen LogP contribution in [0.4, 0.5) is 0 Å². The van der Waals surface area contributed by atoms with Gasteiger partial charge in [0, 0.05) is 39.3 Å². The highest BCUT2D eigenvalue weighted by molar-refractivity contribution is 5.80. The molecule has 5 nitrogen and oxygen atoms in total. The fraction of sp³-hybridized carbons (Fsp3) is 0.562. The SMILES string of the molecule is C[C@@H](N)C(=O)NCc1ccc(CN2CCN(C)CC2)cc1. The highest BCUT2D eigenvalue weighted by atomic mass is 16.2. The molecule has 1 aromatic rings. The van der Waals surface area contributed by atoms with Crippen LogP contribution >= 0.6 is 0 Å². The molecule has 1 atom stereocenters. The Morgan fingerprint density at radius 1 is 1.19 bits per heavy atom. The lowest BCUT2D eigenvalue weighted by molar-refractivity contribution is -0.122. The van der Waals surface area contributed by atoms with Crippen LogP contribution in [-0.2, 0) is 17.9 Å². The summed E-state index contributed by atoms with van der Waals surface area (Å²) in [5.74, 6) is -0.114. The van der Waals surface area contributed by atoms with Crippen molar-refractivity contribution in [3.63, 3.8) is 0 Å². The first kappa shape index (κ1) is 15.9. The van der Waals surface area contributed by atoms with E-state index >= 15 is 0 Å². The Balaban J connectivity index is 1.80. The number of nitrogens with one attached hydrogen (secondary N) is 1. The number of amides is 1. The highest BCUT2D eigenvalue weighted by Gasteiger charge is 2.13. The number of piperazine rings is 1. The first-order chi connectivity index (χ1) is 10.0. The molecule has 1 aromatic carbocycles. The van der Waals surface area contributed by atoms with Gasteiger partial charge in [-0.1, -0.05) is 24.3 Å². The van der Waals surface area contributed by atoms with Crippen LogP contribution in [0.5, 0.6) is 0 Å². The van der Waals surface area contributed by atoms with E-state index in [1.165, 1.54) is 5.56 Å². The van der Waals surface area contributed by atoms with Crippen molar-refractivity contribution in [1.82, 2.24) is 15.1 Å². The summed E-state index contributed by atoms with van der Waals surface area (Å²) in [5.41, 5.74) is 7.94. The zero-order valence-electron chi connectivity index (χ0n) is 13.0. The minimum atomic E-state index is -0.457. The normalized spacial score (nSPS) is 18.4. The predicted octanol–water partition coefficient (Wildman–Crippen LogP) is 0.397. The molecule has 0 aromatic heterocycles. The van der Waals surface area contributed by atoms with E-state index < -0.39 is 6.04 Å². The van der Waals surface area contributed by atoms with Crippen molar-refractivity contribution >= 4 is 5.91 Å². The minimum Gasteiger partial charge on any atom is -0.351 e. The zero-order chi connectivity index (χ0) is 15.2. The summed E-state index contributed by atoms with van der Waals surface area (Å²) < 4.78 is 0. The topological polar surface area (TPSA) is 61.6 Å². The molecule has 116 valence electrons. The Bertz CT molecular complexity index is 450. The molecule has 0 spiro atoms. The minimum absolute atomic E-state index is 0.114. The van der Waals surface area contributed by atoms with Gasteiger partial charge in [-0.05, 0) is 25.1 Å². The molecule has 1 heterocycles. The Labute approximate surface area is 127 Å². The lowest BCUT2D eigenvalue weighted by atomic mass is 10.1. The number of carbonyl (C=O) groups is 1. The van der Waals surface area contributed by atoms with E-state index in [9.17, 15) is 4.79 Å².